The molecule has 0 radical (unpaired) electrons. The second kappa shape index (κ2) is 7.18. The fourth-order valence-electron chi connectivity index (χ4n) is 3.34. The molecule has 3 heterocycles. The molecule has 2 aromatic carbocycles. The van der Waals surface area contributed by atoms with E-state index in [0.29, 0.717) is 5.16 Å². The highest BCUT2D eigenvalue weighted by Crippen LogP contribution is 2.30. The monoisotopic (exact) mass is 399 g/mol. The molecule has 29 heavy (non-hydrogen) atoms. The molecule has 5 aromatic rings. The summed E-state index contributed by atoms with van der Waals surface area (Å²) in [6.07, 6.45) is 3.73. The van der Waals surface area contributed by atoms with Crippen molar-refractivity contribution in [2.24, 2.45) is 0 Å². The maximum Gasteiger partial charge on any atom is 0.189 e. The first kappa shape index (κ1) is 17.6. The lowest BCUT2D eigenvalue weighted by atomic mass is 10.2. The largest absolute Gasteiger partial charge is 0.497 e. The number of imidazole rings is 1. The number of nitrogens with zero attached hydrogens (tertiary/aromatic N) is 5. The third kappa shape index (κ3) is 3.09. The van der Waals surface area contributed by atoms with E-state index >= 15 is 0 Å². The Hall–Kier alpha value is -3.45. The van der Waals surface area contributed by atoms with Gasteiger partial charge < -0.3 is 4.74 Å². The molecule has 0 saturated carbocycles. The van der Waals surface area contributed by atoms with E-state index in [0.717, 1.165) is 45.0 Å². The number of pyridine rings is 1. The van der Waals surface area contributed by atoms with Gasteiger partial charge >= 0.3 is 0 Å². The first-order chi connectivity index (χ1) is 14.3. The zero-order valence-electron chi connectivity index (χ0n) is 15.9. The molecule has 0 fully saturated rings. The molecular weight excluding hydrogens is 382 g/mol. The van der Waals surface area contributed by atoms with Crippen molar-refractivity contribution in [3.8, 4) is 23.1 Å². The number of thioether (sulfide) groups is 1. The highest BCUT2D eigenvalue weighted by Gasteiger charge is 2.17. The minimum atomic E-state index is 0.704. The second-order valence-electron chi connectivity index (χ2n) is 6.42. The molecule has 5 rings (SSSR count). The van der Waals surface area contributed by atoms with Crippen molar-refractivity contribution in [2.45, 2.75) is 5.16 Å². The number of aromatic nitrogens is 5. The Morgan fingerprint density at radius 2 is 1.79 bits per heavy atom. The number of methoxy groups -OCH3 is 1. The van der Waals surface area contributed by atoms with Crippen LogP contribution in [-0.4, -0.2) is 37.9 Å². The van der Waals surface area contributed by atoms with Crippen molar-refractivity contribution < 1.29 is 4.74 Å². The van der Waals surface area contributed by atoms with Crippen molar-refractivity contribution in [3.63, 3.8) is 0 Å². The van der Waals surface area contributed by atoms with Gasteiger partial charge in [-0.3, -0.25) is 4.57 Å². The Kier molecular flexibility index (Phi) is 4.37. The Morgan fingerprint density at radius 3 is 2.66 bits per heavy atom. The Labute approximate surface area is 171 Å². The van der Waals surface area contributed by atoms with Gasteiger partial charge in [-0.1, -0.05) is 36.0 Å². The molecule has 0 aliphatic heterocycles. The number of benzene rings is 2. The quantitative estimate of drug-likeness (QED) is 0.321. The Morgan fingerprint density at radius 1 is 0.897 bits per heavy atom. The third-order valence-electron chi connectivity index (χ3n) is 4.72. The normalized spacial score (nSPS) is 11.2. The van der Waals surface area contributed by atoms with Crippen LogP contribution in [0.1, 0.15) is 0 Å². The fraction of sp³-hybridized carbons (Fsp3) is 0.0909. The zero-order chi connectivity index (χ0) is 19.8. The number of rotatable bonds is 4. The van der Waals surface area contributed by atoms with Crippen LogP contribution in [0, 0.1) is 0 Å². The lowest BCUT2D eigenvalue weighted by Crippen LogP contribution is -2.03. The number of ether oxygens (including phenoxy) is 1. The van der Waals surface area contributed by atoms with E-state index in [1.807, 2.05) is 59.4 Å². The van der Waals surface area contributed by atoms with E-state index in [9.17, 15) is 0 Å². The minimum Gasteiger partial charge on any atom is -0.497 e. The summed E-state index contributed by atoms with van der Waals surface area (Å²) in [7, 11) is 1.65. The summed E-state index contributed by atoms with van der Waals surface area (Å²) in [5.41, 5.74) is 3.46. The van der Waals surface area contributed by atoms with Gasteiger partial charge in [0.15, 0.2) is 11.0 Å². The summed E-state index contributed by atoms with van der Waals surface area (Å²) in [4.78, 5) is 18.7. The first-order valence-corrected chi connectivity index (χ1v) is 10.3. The highest BCUT2D eigenvalue weighted by atomic mass is 32.2. The molecule has 0 aliphatic rings. The molecule has 0 atom stereocenters. The molecular formula is C22H17N5OS. The molecule has 0 aliphatic carbocycles. The van der Waals surface area contributed by atoms with Gasteiger partial charge in [-0.15, -0.1) is 0 Å². The summed E-state index contributed by atoms with van der Waals surface area (Å²) in [5.74, 6) is 2.24. The van der Waals surface area contributed by atoms with Gasteiger partial charge in [0.1, 0.15) is 17.3 Å². The fourth-order valence-corrected chi connectivity index (χ4v) is 3.69. The average molecular weight is 399 g/mol. The van der Waals surface area contributed by atoms with Gasteiger partial charge in [0, 0.05) is 17.6 Å². The van der Waals surface area contributed by atoms with Crippen molar-refractivity contribution in [1.82, 2.24) is 24.5 Å². The van der Waals surface area contributed by atoms with E-state index in [4.69, 9.17) is 19.7 Å². The SMILES string of the molecule is COc1ccc2c(c1)nc(-c1ccc3ccccc3n1)n2-c1ccnc(SC)n1. The predicted octanol–water partition coefficient (Wildman–Crippen LogP) is 4.76. The summed E-state index contributed by atoms with van der Waals surface area (Å²) in [6.45, 7) is 0. The van der Waals surface area contributed by atoms with Gasteiger partial charge in [-0.05, 0) is 36.6 Å². The molecule has 0 saturated heterocycles. The van der Waals surface area contributed by atoms with Crippen molar-refractivity contribution in [2.75, 3.05) is 13.4 Å². The Balaban J connectivity index is 1.80. The number of fused-ring (bicyclic) bond motifs is 2. The molecule has 0 N–H and O–H groups in total. The Bertz CT molecular complexity index is 1350. The van der Waals surface area contributed by atoms with Crippen LogP contribution < -0.4 is 4.74 Å². The standard InChI is InChI=1S/C22H17N5OS/c1-28-15-8-10-19-18(13-15)25-21(27(19)20-11-12-23-22(26-20)29-2)17-9-7-14-5-3-4-6-16(14)24-17/h3-13H,1-2H3. The van der Waals surface area contributed by atoms with Gasteiger partial charge in [-0.25, -0.2) is 19.9 Å². The summed E-state index contributed by atoms with van der Waals surface area (Å²) >= 11 is 1.50. The van der Waals surface area contributed by atoms with Gasteiger partial charge in [0.25, 0.3) is 0 Å². The summed E-state index contributed by atoms with van der Waals surface area (Å²) < 4.78 is 7.40. The van der Waals surface area contributed by atoms with E-state index in [1.54, 1.807) is 13.3 Å². The molecule has 0 unspecified atom stereocenters. The lowest BCUT2D eigenvalue weighted by Gasteiger charge is -2.09. The van der Waals surface area contributed by atoms with E-state index in [-0.39, 0.29) is 0 Å². The van der Waals surface area contributed by atoms with Crippen molar-refractivity contribution in [3.05, 3.63) is 66.9 Å². The lowest BCUT2D eigenvalue weighted by molar-refractivity contribution is 0.415. The summed E-state index contributed by atoms with van der Waals surface area (Å²) in [6, 6.07) is 19.8. The number of hydrogen-bond donors (Lipinski definition) is 0. The van der Waals surface area contributed by atoms with Crippen molar-refractivity contribution in [1.29, 1.82) is 0 Å². The second-order valence-corrected chi connectivity index (χ2v) is 7.19. The van der Waals surface area contributed by atoms with E-state index in [2.05, 4.69) is 17.1 Å². The molecule has 6 nitrogen and oxygen atoms in total. The third-order valence-corrected chi connectivity index (χ3v) is 5.28. The first-order valence-electron chi connectivity index (χ1n) is 9.07. The van der Waals surface area contributed by atoms with Crippen LogP contribution in [0.3, 0.4) is 0 Å². The molecule has 0 bridgehead atoms. The van der Waals surface area contributed by atoms with Crippen LogP contribution in [-0.2, 0) is 0 Å². The van der Waals surface area contributed by atoms with Crippen LogP contribution in [0.25, 0.3) is 39.3 Å². The minimum absolute atomic E-state index is 0.704. The highest BCUT2D eigenvalue weighted by molar-refractivity contribution is 7.98. The predicted molar refractivity (Wildman–Crippen MR) is 116 cm³/mol. The maximum absolute atomic E-state index is 5.38. The van der Waals surface area contributed by atoms with Crippen LogP contribution in [0.5, 0.6) is 5.75 Å². The molecule has 3 aromatic heterocycles. The van der Waals surface area contributed by atoms with Gasteiger partial charge in [0.2, 0.25) is 0 Å². The number of para-hydroxylation sites is 1. The average Bonchev–Trinajstić information content (AvgIpc) is 3.17. The molecule has 0 amide bonds. The topological polar surface area (TPSA) is 65.7 Å². The van der Waals surface area contributed by atoms with Gasteiger partial charge in [0.05, 0.1) is 23.7 Å². The van der Waals surface area contributed by atoms with Crippen LogP contribution in [0.15, 0.2) is 72.0 Å². The molecule has 0 spiro atoms. The van der Waals surface area contributed by atoms with E-state index in [1.165, 1.54) is 11.8 Å². The number of hydrogen-bond acceptors (Lipinski definition) is 6. The van der Waals surface area contributed by atoms with E-state index < -0.39 is 0 Å². The molecule has 142 valence electrons. The molecule has 7 heteroatoms. The van der Waals surface area contributed by atoms with Gasteiger partial charge in [-0.2, -0.15) is 0 Å². The summed E-state index contributed by atoms with van der Waals surface area (Å²) in [5, 5.41) is 1.79. The smallest absolute Gasteiger partial charge is 0.189 e. The van der Waals surface area contributed by atoms with Crippen molar-refractivity contribution >= 4 is 33.7 Å². The maximum atomic E-state index is 5.38. The zero-order valence-corrected chi connectivity index (χ0v) is 16.7. The van der Waals surface area contributed by atoms with Crippen LogP contribution >= 0.6 is 11.8 Å². The van der Waals surface area contributed by atoms with Crippen LogP contribution in [0.4, 0.5) is 0 Å². The van der Waals surface area contributed by atoms with Crippen LogP contribution in [0.2, 0.25) is 0 Å².